The second-order valence-corrected chi connectivity index (χ2v) is 7.13. The minimum Gasteiger partial charge on any atom is -0.345 e. The Bertz CT molecular complexity index is 435. The van der Waals surface area contributed by atoms with E-state index in [0.717, 1.165) is 28.5 Å². The SMILES string of the molecule is CC(C)CCN(c1nc(C(C)C)c(C=O)s1)C1CC1. The molecule has 1 aromatic rings. The second-order valence-electron chi connectivity index (χ2n) is 6.13. The van der Waals surface area contributed by atoms with Gasteiger partial charge in [0.1, 0.15) is 0 Å². The molecule has 0 N–H and O–H groups in total. The van der Waals surface area contributed by atoms with Crippen LogP contribution in [0.25, 0.3) is 0 Å². The lowest BCUT2D eigenvalue weighted by Crippen LogP contribution is -2.27. The van der Waals surface area contributed by atoms with Gasteiger partial charge in [-0.05, 0) is 31.1 Å². The molecule has 0 bridgehead atoms. The first-order valence-corrected chi connectivity index (χ1v) is 8.07. The Hall–Kier alpha value is -0.900. The minimum atomic E-state index is 0.316. The summed E-state index contributed by atoms with van der Waals surface area (Å²) in [4.78, 5) is 19.1. The summed E-state index contributed by atoms with van der Waals surface area (Å²) >= 11 is 1.56. The molecule has 0 aromatic carbocycles. The van der Waals surface area contributed by atoms with Crippen LogP contribution in [0.15, 0.2) is 0 Å². The Morgan fingerprint density at radius 2 is 2.05 bits per heavy atom. The molecular weight excluding hydrogens is 256 g/mol. The van der Waals surface area contributed by atoms with Crippen LogP contribution in [0.5, 0.6) is 0 Å². The zero-order valence-corrected chi connectivity index (χ0v) is 13.2. The number of rotatable bonds is 7. The Labute approximate surface area is 120 Å². The highest BCUT2D eigenvalue weighted by Crippen LogP contribution is 2.36. The lowest BCUT2D eigenvalue weighted by Gasteiger charge is -2.22. The molecule has 1 aliphatic rings. The Morgan fingerprint density at radius 1 is 1.37 bits per heavy atom. The summed E-state index contributed by atoms with van der Waals surface area (Å²) in [6, 6.07) is 0.657. The zero-order chi connectivity index (χ0) is 14.0. The molecule has 0 spiro atoms. The normalized spacial score (nSPS) is 15.3. The molecule has 1 fully saturated rings. The molecule has 0 atom stereocenters. The predicted octanol–water partition coefficient (Wildman–Crippen LogP) is 4.09. The number of carbonyl (C=O) groups is 1. The van der Waals surface area contributed by atoms with Crippen LogP contribution in [-0.4, -0.2) is 23.9 Å². The average Bonchev–Trinajstić information content (AvgIpc) is 3.07. The highest BCUT2D eigenvalue weighted by molar-refractivity contribution is 7.17. The fourth-order valence-electron chi connectivity index (χ4n) is 2.17. The van der Waals surface area contributed by atoms with Crippen molar-refractivity contribution in [3.63, 3.8) is 0 Å². The third-order valence-electron chi connectivity index (χ3n) is 3.50. The molecule has 0 unspecified atom stereocenters. The molecule has 106 valence electrons. The number of thiazole rings is 1. The molecule has 0 saturated heterocycles. The zero-order valence-electron chi connectivity index (χ0n) is 12.3. The number of aldehydes is 1. The molecule has 1 aliphatic carbocycles. The third kappa shape index (κ3) is 3.56. The lowest BCUT2D eigenvalue weighted by atomic mass is 10.1. The molecule has 3 nitrogen and oxygen atoms in total. The average molecular weight is 280 g/mol. The number of aromatic nitrogens is 1. The molecule has 0 amide bonds. The maximum atomic E-state index is 11.2. The predicted molar refractivity (Wildman–Crippen MR) is 81.4 cm³/mol. The van der Waals surface area contributed by atoms with Crippen molar-refractivity contribution in [3.05, 3.63) is 10.6 Å². The molecule has 0 radical (unpaired) electrons. The summed E-state index contributed by atoms with van der Waals surface area (Å²) in [6.45, 7) is 9.77. The van der Waals surface area contributed by atoms with Gasteiger partial charge in [-0.2, -0.15) is 0 Å². The van der Waals surface area contributed by atoms with E-state index >= 15 is 0 Å². The van der Waals surface area contributed by atoms with Gasteiger partial charge in [0.2, 0.25) is 0 Å². The number of anilines is 1. The van der Waals surface area contributed by atoms with Crippen molar-refractivity contribution >= 4 is 22.8 Å². The monoisotopic (exact) mass is 280 g/mol. The first-order valence-electron chi connectivity index (χ1n) is 7.25. The van der Waals surface area contributed by atoms with Crippen LogP contribution in [0.3, 0.4) is 0 Å². The van der Waals surface area contributed by atoms with Gasteiger partial charge in [-0.25, -0.2) is 4.98 Å². The van der Waals surface area contributed by atoms with E-state index in [4.69, 9.17) is 4.98 Å². The van der Waals surface area contributed by atoms with Crippen LogP contribution in [0.1, 0.15) is 68.2 Å². The van der Waals surface area contributed by atoms with E-state index in [1.807, 2.05) is 0 Å². The topological polar surface area (TPSA) is 33.2 Å². The van der Waals surface area contributed by atoms with Crippen molar-refractivity contribution in [2.75, 3.05) is 11.4 Å². The Balaban J connectivity index is 2.19. The van der Waals surface area contributed by atoms with Gasteiger partial charge in [-0.15, -0.1) is 0 Å². The van der Waals surface area contributed by atoms with Gasteiger partial charge < -0.3 is 4.90 Å². The first kappa shape index (κ1) is 14.5. The summed E-state index contributed by atoms with van der Waals surface area (Å²) in [7, 11) is 0. The molecular formula is C15H24N2OS. The number of carbonyl (C=O) groups excluding carboxylic acids is 1. The summed E-state index contributed by atoms with van der Waals surface area (Å²) in [5.41, 5.74) is 0.963. The minimum absolute atomic E-state index is 0.316. The molecule has 4 heteroatoms. The van der Waals surface area contributed by atoms with Gasteiger partial charge in [-0.1, -0.05) is 39.0 Å². The Morgan fingerprint density at radius 3 is 2.47 bits per heavy atom. The summed E-state index contributed by atoms with van der Waals surface area (Å²) in [5, 5.41) is 1.05. The molecule has 0 aliphatic heterocycles. The lowest BCUT2D eigenvalue weighted by molar-refractivity contribution is 0.112. The number of hydrogen-bond donors (Lipinski definition) is 0. The molecule has 19 heavy (non-hydrogen) atoms. The van der Waals surface area contributed by atoms with E-state index < -0.39 is 0 Å². The van der Waals surface area contributed by atoms with Crippen LogP contribution in [0.2, 0.25) is 0 Å². The quantitative estimate of drug-likeness (QED) is 0.705. The van der Waals surface area contributed by atoms with E-state index in [-0.39, 0.29) is 0 Å². The molecule has 2 rings (SSSR count). The highest BCUT2D eigenvalue weighted by atomic mass is 32.1. The van der Waals surface area contributed by atoms with Gasteiger partial charge in [-0.3, -0.25) is 4.79 Å². The van der Waals surface area contributed by atoms with Crippen molar-refractivity contribution in [2.24, 2.45) is 5.92 Å². The van der Waals surface area contributed by atoms with Gasteiger partial charge in [0.25, 0.3) is 0 Å². The summed E-state index contributed by atoms with van der Waals surface area (Å²) in [6.07, 6.45) is 4.68. The van der Waals surface area contributed by atoms with E-state index in [2.05, 4.69) is 32.6 Å². The van der Waals surface area contributed by atoms with E-state index in [0.29, 0.717) is 17.9 Å². The fraction of sp³-hybridized carbons (Fsp3) is 0.733. The van der Waals surface area contributed by atoms with Gasteiger partial charge >= 0.3 is 0 Å². The van der Waals surface area contributed by atoms with Crippen LogP contribution < -0.4 is 4.90 Å². The van der Waals surface area contributed by atoms with Crippen LogP contribution >= 0.6 is 11.3 Å². The third-order valence-corrected chi connectivity index (χ3v) is 4.54. The maximum Gasteiger partial charge on any atom is 0.186 e. The van der Waals surface area contributed by atoms with Crippen LogP contribution in [0.4, 0.5) is 5.13 Å². The number of hydrogen-bond acceptors (Lipinski definition) is 4. The fourth-order valence-corrected chi connectivity index (χ4v) is 3.30. The largest absolute Gasteiger partial charge is 0.345 e. The number of nitrogens with zero attached hydrogens (tertiary/aromatic N) is 2. The molecule has 1 saturated carbocycles. The maximum absolute atomic E-state index is 11.2. The van der Waals surface area contributed by atoms with Crippen molar-refractivity contribution in [3.8, 4) is 0 Å². The van der Waals surface area contributed by atoms with Crippen molar-refractivity contribution in [1.82, 2.24) is 4.98 Å². The highest BCUT2D eigenvalue weighted by Gasteiger charge is 2.31. The van der Waals surface area contributed by atoms with Gasteiger partial charge in [0.05, 0.1) is 10.6 Å². The molecule has 1 heterocycles. The summed E-state index contributed by atoms with van der Waals surface area (Å²) in [5.74, 6) is 1.02. The second kappa shape index (κ2) is 6.04. The van der Waals surface area contributed by atoms with Gasteiger partial charge in [0.15, 0.2) is 11.4 Å². The van der Waals surface area contributed by atoms with Gasteiger partial charge in [0, 0.05) is 12.6 Å². The van der Waals surface area contributed by atoms with E-state index in [9.17, 15) is 4.79 Å². The summed E-state index contributed by atoms with van der Waals surface area (Å²) < 4.78 is 0. The van der Waals surface area contributed by atoms with Crippen LogP contribution in [-0.2, 0) is 0 Å². The van der Waals surface area contributed by atoms with Crippen molar-refractivity contribution < 1.29 is 4.79 Å². The standard InChI is InChI=1S/C15H24N2OS/c1-10(2)7-8-17(12-5-6-12)15-16-14(11(3)4)13(9-18)19-15/h9-12H,5-8H2,1-4H3. The van der Waals surface area contributed by atoms with Crippen molar-refractivity contribution in [1.29, 1.82) is 0 Å². The van der Waals surface area contributed by atoms with Crippen molar-refractivity contribution in [2.45, 2.75) is 58.9 Å². The van der Waals surface area contributed by atoms with E-state index in [1.54, 1.807) is 11.3 Å². The molecule has 1 aromatic heterocycles. The van der Waals surface area contributed by atoms with E-state index in [1.165, 1.54) is 19.3 Å². The smallest absolute Gasteiger partial charge is 0.186 e. The Kier molecular flexibility index (Phi) is 4.61. The van der Waals surface area contributed by atoms with Crippen LogP contribution in [0, 0.1) is 5.92 Å². The first-order chi connectivity index (χ1) is 9.02.